The summed E-state index contributed by atoms with van der Waals surface area (Å²) in [7, 11) is 1.94. The molecule has 3 heterocycles. The first-order chi connectivity index (χ1) is 14.2. The lowest BCUT2D eigenvalue weighted by molar-refractivity contribution is 0.220. The highest BCUT2D eigenvalue weighted by Crippen LogP contribution is 2.28. The fourth-order valence-electron chi connectivity index (χ4n) is 3.91. The number of likely N-dealkylation sites (tertiary alicyclic amines) is 1. The van der Waals surface area contributed by atoms with Crippen LogP contribution in [0.25, 0.3) is 0 Å². The minimum atomic E-state index is -0.303. The third-order valence-electron chi connectivity index (χ3n) is 5.43. The maximum absolute atomic E-state index is 12.8. The summed E-state index contributed by atoms with van der Waals surface area (Å²) in [5.41, 5.74) is 1.01. The molecule has 0 radical (unpaired) electrons. The van der Waals surface area contributed by atoms with Crippen molar-refractivity contribution in [2.45, 2.75) is 24.9 Å². The number of amides is 2. The molecule has 1 aliphatic rings. The normalized spacial score (nSPS) is 16.4. The Hall–Kier alpha value is -2.64. The second-order valence-corrected chi connectivity index (χ2v) is 8.35. The van der Waals surface area contributed by atoms with Crippen LogP contribution in [0.1, 0.15) is 41.2 Å². The molecule has 3 aromatic rings. The highest BCUT2D eigenvalue weighted by Gasteiger charge is 2.26. The van der Waals surface area contributed by atoms with Gasteiger partial charge in [0, 0.05) is 30.9 Å². The van der Waals surface area contributed by atoms with Gasteiger partial charge in [-0.05, 0) is 42.9 Å². The van der Waals surface area contributed by atoms with Crippen molar-refractivity contribution in [3.8, 4) is 0 Å². The molecule has 2 unspecified atom stereocenters. The van der Waals surface area contributed by atoms with Crippen LogP contribution in [0.2, 0.25) is 0 Å². The largest absolute Gasteiger partial charge is 0.336 e. The topological polar surface area (TPSA) is 62.2 Å². The van der Waals surface area contributed by atoms with Crippen LogP contribution >= 0.6 is 11.3 Å². The molecule has 0 spiro atoms. The van der Waals surface area contributed by atoms with E-state index in [1.165, 1.54) is 17.7 Å². The van der Waals surface area contributed by atoms with Crippen molar-refractivity contribution in [3.63, 3.8) is 0 Å². The zero-order chi connectivity index (χ0) is 20.1. The average molecular weight is 410 g/mol. The Bertz CT molecular complexity index is 902. The molecule has 2 amide bonds. The third kappa shape index (κ3) is 4.68. The van der Waals surface area contributed by atoms with Crippen molar-refractivity contribution in [3.05, 3.63) is 76.5 Å². The van der Waals surface area contributed by atoms with Crippen molar-refractivity contribution >= 4 is 17.4 Å². The maximum Gasteiger partial charge on any atom is 0.315 e. The Balaban J connectivity index is 1.46. The summed E-state index contributed by atoms with van der Waals surface area (Å²) in [6.45, 7) is 2.77. The number of aromatic nitrogens is 2. The van der Waals surface area contributed by atoms with Crippen LogP contribution in [0.5, 0.6) is 0 Å². The number of aryl methyl sites for hydroxylation is 1. The molecule has 2 N–H and O–H groups in total. The van der Waals surface area contributed by atoms with E-state index in [1.807, 2.05) is 48.1 Å². The number of hydrogen-bond donors (Lipinski definition) is 2. The van der Waals surface area contributed by atoms with Gasteiger partial charge < -0.3 is 15.2 Å². The molecule has 0 bridgehead atoms. The van der Waals surface area contributed by atoms with Gasteiger partial charge in [0.15, 0.2) is 0 Å². The maximum atomic E-state index is 12.8. The number of rotatable bonds is 7. The molecule has 2 aromatic heterocycles. The molecule has 1 fully saturated rings. The molecule has 2 atom stereocenters. The SMILES string of the molecule is Cn1ccnc1C(NC(=O)NCC(c1cccs1)N1CCCC1)c1ccccc1. The van der Waals surface area contributed by atoms with Crippen molar-refractivity contribution in [1.82, 2.24) is 25.1 Å². The first-order valence-corrected chi connectivity index (χ1v) is 10.9. The molecule has 6 nitrogen and oxygen atoms in total. The van der Waals surface area contributed by atoms with Crippen LogP contribution in [0.4, 0.5) is 4.79 Å². The highest BCUT2D eigenvalue weighted by molar-refractivity contribution is 7.10. The second-order valence-electron chi connectivity index (χ2n) is 7.37. The van der Waals surface area contributed by atoms with Gasteiger partial charge in [0.1, 0.15) is 11.9 Å². The van der Waals surface area contributed by atoms with Gasteiger partial charge in [0.25, 0.3) is 0 Å². The van der Waals surface area contributed by atoms with Crippen LogP contribution in [0.15, 0.2) is 60.2 Å². The molecular weight excluding hydrogens is 382 g/mol. The molecule has 29 heavy (non-hydrogen) atoms. The van der Waals surface area contributed by atoms with Gasteiger partial charge in [-0.2, -0.15) is 0 Å². The number of nitrogens with zero attached hydrogens (tertiary/aromatic N) is 3. The number of nitrogens with one attached hydrogen (secondary N) is 2. The second kappa shape index (κ2) is 9.24. The Morgan fingerprint density at radius 2 is 1.97 bits per heavy atom. The summed E-state index contributed by atoms with van der Waals surface area (Å²) in [5, 5.41) is 8.33. The quantitative estimate of drug-likeness (QED) is 0.625. The predicted molar refractivity (Wildman–Crippen MR) is 116 cm³/mol. The number of carbonyl (C=O) groups excluding carboxylic acids is 1. The van der Waals surface area contributed by atoms with Crippen LogP contribution in [0.3, 0.4) is 0 Å². The lowest BCUT2D eigenvalue weighted by atomic mass is 10.1. The van der Waals surface area contributed by atoms with E-state index in [1.54, 1.807) is 17.5 Å². The first kappa shape index (κ1) is 19.7. The van der Waals surface area contributed by atoms with E-state index in [-0.39, 0.29) is 18.1 Å². The lowest BCUT2D eigenvalue weighted by Crippen LogP contribution is -2.43. The van der Waals surface area contributed by atoms with Gasteiger partial charge in [-0.3, -0.25) is 4.90 Å². The van der Waals surface area contributed by atoms with E-state index < -0.39 is 0 Å². The van der Waals surface area contributed by atoms with Crippen molar-refractivity contribution in [2.24, 2.45) is 7.05 Å². The van der Waals surface area contributed by atoms with Crippen molar-refractivity contribution < 1.29 is 4.79 Å². The standard InChI is InChI=1S/C22H27N5OS/c1-26-14-11-23-21(26)20(17-8-3-2-4-9-17)25-22(28)24-16-18(19-10-7-15-29-19)27-12-5-6-13-27/h2-4,7-11,14-15,18,20H,5-6,12-13,16H2,1H3,(H2,24,25,28). The Labute approximate surface area is 175 Å². The van der Waals surface area contributed by atoms with Gasteiger partial charge in [-0.15, -0.1) is 11.3 Å². The van der Waals surface area contributed by atoms with Gasteiger partial charge in [-0.25, -0.2) is 9.78 Å². The molecule has 1 aliphatic heterocycles. The molecular formula is C22H27N5OS. The van der Waals surface area contributed by atoms with Crippen molar-refractivity contribution in [2.75, 3.05) is 19.6 Å². The van der Waals surface area contributed by atoms with Crippen LogP contribution in [-0.4, -0.2) is 40.1 Å². The monoisotopic (exact) mass is 409 g/mol. The zero-order valence-electron chi connectivity index (χ0n) is 16.6. The third-order valence-corrected chi connectivity index (χ3v) is 6.41. The molecule has 0 saturated carbocycles. The van der Waals surface area contributed by atoms with E-state index in [0.29, 0.717) is 6.54 Å². The van der Waals surface area contributed by atoms with E-state index in [4.69, 9.17) is 0 Å². The number of carbonyl (C=O) groups is 1. The van der Waals surface area contributed by atoms with Crippen molar-refractivity contribution in [1.29, 1.82) is 0 Å². The fraction of sp³-hybridized carbons (Fsp3) is 0.364. The Morgan fingerprint density at radius 1 is 1.17 bits per heavy atom. The first-order valence-electron chi connectivity index (χ1n) is 10.1. The van der Waals surface area contributed by atoms with Gasteiger partial charge >= 0.3 is 6.03 Å². The van der Waals surface area contributed by atoms with Crippen LogP contribution < -0.4 is 10.6 Å². The van der Waals surface area contributed by atoms with E-state index >= 15 is 0 Å². The summed E-state index contributed by atoms with van der Waals surface area (Å²) >= 11 is 1.75. The van der Waals surface area contributed by atoms with Crippen LogP contribution in [0, 0.1) is 0 Å². The Kier molecular flexibility index (Phi) is 6.27. The number of thiophene rings is 1. The smallest absolute Gasteiger partial charge is 0.315 e. The number of hydrogen-bond acceptors (Lipinski definition) is 4. The van der Waals surface area contributed by atoms with Gasteiger partial charge in [0.2, 0.25) is 0 Å². The summed E-state index contributed by atoms with van der Waals surface area (Å²) in [6.07, 6.45) is 6.10. The molecule has 152 valence electrons. The van der Waals surface area contributed by atoms with Gasteiger partial charge in [-0.1, -0.05) is 36.4 Å². The van der Waals surface area contributed by atoms with E-state index in [0.717, 1.165) is 24.5 Å². The lowest BCUT2D eigenvalue weighted by Gasteiger charge is -2.27. The Morgan fingerprint density at radius 3 is 2.62 bits per heavy atom. The zero-order valence-corrected chi connectivity index (χ0v) is 17.4. The number of imidazole rings is 1. The minimum absolute atomic E-state index is 0.178. The van der Waals surface area contributed by atoms with Crippen LogP contribution in [-0.2, 0) is 7.05 Å². The molecule has 7 heteroatoms. The molecule has 4 rings (SSSR count). The predicted octanol–water partition coefficient (Wildman–Crippen LogP) is 3.71. The minimum Gasteiger partial charge on any atom is -0.336 e. The highest BCUT2D eigenvalue weighted by atomic mass is 32.1. The summed E-state index contributed by atoms with van der Waals surface area (Å²) in [4.78, 5) is 21.1. The van der Waals surface area contributed by atoms with E-state index in [9.17, 15) is 4.79 Å². The number of urea groups is 1. The molecule has 0 aliphatic carbocycles. The summed E-state index contributed by atoms with van der Waals surface area (Å²) in [5.74, 6) is 0.806. The summed E-state index contributed by atoms with van der Waals surface area (Å²) in [6, 6.07) is 13.9. The fourth-order valence-corrected chi connectivity index (χ4v) is 4.77. The number of benzene rings is 1. The molecule has 1 saturated heterocycles. The average Bonchev–Trinajstić information content (AvgIpc) is 3.51. The molecule has 1 aromatic carbocycles. The van der Waals surface area contributed by atoms with E-state index in [2.05, 4.69) is 38.0 Å². The van der Waals surface area contributed by atoms with Gasteiger partial charge in [0.05, 0.1) is 6.04 Å². The summed E-state index contributed by atoms with van der Waals surface area (Å²) < 4.78 is 1.94.